The van der Waals surface area contributed by atoms with E-state index in [2.05, 4.69) is 88.0 Å². The van der Waals surface area contributed by atoms with E-state index in [1.807, 2.05) is 0 Å². The van der Waals surface area contributed by atoms with Crippen LogP contribution in [0, 0.1) is 0 Å². The summed E-state index contributed by atoms with van der Waals surface area (Å²) in [6, 6.07) is 21.4. The van der Waals surface area contributed by atoms with Crippen LogP contribution in [0.15, 0.2) is 73.3 Å². The minimum atomic E-state index is -2.42. The number of hydrogen-bond donors (Lipinski definition) is 0. The number of carbonyl (C=O) groups excluding carboxylic acids is 1. The fourth-order valence-corrected chi connectivity index (χ4v) is 8.27. The molecular formula is C24H32O2Si. The Morgan fingerprint density at radius 1 is 0.926 bits per heavy atom. The minimum Gasteiger partial charge on any atom is -0.407 e. The summed E-state index contributed by atoms with van der Waals surface area (Å²) in [4.78, 5) is 11.4. The zero-order chi connectivity index (χ0) is 19.8. The molecule has 0 radical (unpaired) electrons. The molecule has 0 N–H and O–H groups in total. The van der Waals surface area contributed by atoms with Crippen LogP contribution in [-0.2, 0) is 9.22 Å². The zero-order valence-electron chi connectivity index (χ0n) is 16.9. The van der Waals surface area contributed by atoms with Crippen molar-refractivity contribution in [1.29, 1.82) is 0 Å². The highest BCUT2D eigenvalue weighted by molar-refractivity contribution is 6.99. The Kier molecular flexibility index (Phi) is 7.75. The lowest BCUT2D eigenvalue weighted by atomic mass is 10.1. The molecule has 0 unspecified atom stereocenters. The van der Waals surface area contributed by atoms with Crippen molar-refractivity contribution >= 4 is 24.5 Å². The SMILES string of the molecule is C=CC(=O)CCCCCO[Si](c1ccccc1)(c1ccccc1)C(C)(C)C. The minimum absolute atomic E-state index is 0.00845. The lowest BCUT2D eigenvalue weighted by molar-refractivity contribution is -0.114. The van der Waals surface area contributed by atoms with Gasteiger partial charge in [0.05, 0.1) is 0 Å². The van der Waals surface area contributed by atoms with E-state index in [1.165, 1.54) is 16.4 Å². The van der Waals surface area contributed by atoms with Crippen molar-refractivity contribution in [3.63, 3.8) is 0 Å². The van der Waals surface area contributed by atoms with Gasteiger partial charge in [-0.05, 0) is 34.3 Å². The molecule has 0 saturated heterocycles. The summed E-state index contributed by atoms with van der Waals surface area (Å²) >= 11 is 0. The fourth-order valence-electron chi connectivity index (χ4n) is 3.67. The van der Waals surface area contributed by atoms with Crippen molar-refractivity contribution in [2.75, 3.05) is 6.61 Å². The van der Waals surface area contributed by atoms with Gasteiger partial charge in [-0.1, -0.05) is 94.4 Å². The third-order valence-electron chi connectivity index (χ3n) is 5.03. The summed E-state index contributed by atoms with van der Waals surface area (Å²) in [7, 11) is -2.42. The molecule has 0 aliphatic heterocycles. The second-order valence-corrected chi connectivity index (χ2v) is 12.3. The molecule has 0 heterocycles. The topological polar surface area (TPSA) is 26.3 Å². The van der Waals surface area contributed by atoms with Gasteiger partial charge >= 0.3 is 0 Å². The van der Waals surface area contributed by atoms with Gasteiger partial charge in [0.25, 0.3) is 8.32 Å². The molecule has 0 aliphatic carbocycles. The molecule has 2 nitrogen and oxygen atoms in total. The highest BCUT2D eigenvalue weighted by atomic mass is 28.4. The van der Waals surface area contributed by atoms with Crippen LogP contribution in [-0.4, -0.2) is 20.7 Å². The van der Waals surface area contributed by atoms with E-state index in [9.17, 15) is 4.79 Å². The normalized spacial score (nSPS) is 12.0. The van der Waals surface area contributed by atoms with E-state index in [0.717, 1.165) is 25.9 Å². The van der Waals surface area contributed by atoms with Crippen LogP contribution in [0.3, 0.4) is 0 Å². The molecule has 0 aromatic heterocycles. The van der Waals surface area contributed by atoms with Crippen molar-refractivity contribution in [3.8, 4) is 0 Å². The molecule has 3 heteroatoms. The summed E-state index contributed by atoms with van der Waals surface area (Å²) in [5, 5.41) is 2.63. The quantitative estimate of drug-likeness (QED) is 0.334. The molecule has 0 atom stereocenters. The molecule has 0 fully saturated rings. The standard InChI is InChI=1S/C24H32O2Si/c1-5-21(25)15-9-8-14-20-26-27(24(2,3)4,22-16-10-6-11-17-22)23-18-12-7-13-19-23/h5-7,10-13,16-19H,1,8-9,14-15,20H2,2-4H3. The Labute approximate surface area is 165 Å². The van der Waals surface area contributed by atoms with Gasteiger partial charge in [-0.25, -0.2) is 0 Å². The molecule has 2 aromatic rings. The maximum Gasteiger partial charge on any atom is 0.261 e. The number of rotatable bonds is 10. The van der Waals surface area contributed by atoms with Crippen molar-refractivity contribution in [3.05, 3.63) is 73.3 Å². The van der Waals surface area contributed by atoms with Crippen LogP contribution in [0.2, 0.25) is 5.04 Å². The molecule has 0 bridgehead atoms. The van der Waals surface area contributed by atoms with E-state index < -0.39 is 8.32 Å². The van der Waals surface area contributed by atoms with Crippen molar-refractivity contribution in [2.24, 2.45) is 0 Å². The average Bonchev–Trinajstić information content (AvgIpc) is 2.67. The van der Waals surface area contributed by atoms with Gasteiger partial charge in [-0.3, -0.25) is 4.79 Å². The van der Waals surface area contributed by atoms with E-state index in [1.54, 1.807) is 0 Å². The summed E-state index contributed by atoms with van der Waals surface area (Å²) in [5.41, 5.74) is 0. The first-order valence-corrected chi connectivity index (χ1v) is 11.7. The van der Waals surface area contributed by atoms with Crippen LogP contribution in [0.4, 0.5) is 0 Å². The maximum atomic E-state index is 11.4. The number of ketones is 1. The summed E-state index contributed by atoms with van der Waals surface area (Å²) in [6.45, 7) is 11.1. The highest BCUT2D eigenvalue weighted by Gasteiger charge is 2.49. The average molecular weight is 381 g/mol. The molecule has 0 amide bonds. The van der Waals surface area contributed by atoms with Crippen molar-refractivity contribution in [1.82, 2.24) is 0 Å². The fraction of sp³-hybridized carbons (Fsp3) is 0.375. The number of allylic oxidation sites excluding steroid dienone is 1. The highest BCUT2D eigenvalue weighted by Crippen LogP contribution is 2.36. The largest absolute Gasteiger partial charge is 0.407 e. The van der Waals surface area contributed by atoms with E-state index in [4.69, 9.17) is 4.43 Å². The first-order valence-electron chi connectivity index (χ1n) is 9.82. The van der Waals surface area contributed by atoms with Crippen LogP contribution in [0.5, 0.6) is 0 Å². The molecule has 27 heavy (non-hydrogen) atoms. The number of benzene rings is 2. The van der Waals surface area contributed by atoms with Gasteiger partial charge in [-0.15, -0.1) is 0 Å². The number of hydrogen-bond acceptors (Lipinski definition) is 2. The van der Waals surface area contributed by atoms with Gasteiger partial charge in [0.2, 0.25) is 0 Å². The monoisotopic (exact) mass is 380 g/mol. The van der Waals surface area contributed by atoms with Gasteiger partial charge in [0.1, 0.15) is 0 Å². The molecule has 2 rings (SSSR count). The Balaban J connectivity index is 2.22. The van der Waals surface area contributed by atoms with Crippen molar-refractivity contribution < 1.29 is 9.22 Å². The van der Waals surface area contributed by atoms with E-state index in [-0.39, 0.29) is 10.8 Å². The maximum absolute atomic E-state index is 11.4. The summed E-state index contributed by atoms with van der Waals surface area (Å²) in [6.07, 6.45) is 4.86. The zero-order valence-corrected chi connectivity index (χ0v) is 17.9. The molecular weight excluding hydrogens is 348 g/mol. The first kappa shape index (κ1) is 21.3. The molecule has 0 aliphatic rings. The van der Waals surface area contributed by atoms with Gasteiger partial charge in [-0.2, -0.15) is 0 Å². The van der Waals surface area contributed by atoms with Gasteiger partial charge < -0.3 is 4.43 Å². The Bertz CT molecular complexity index is 678. The third-order valence-corrected chi connectivity index (χ3v) is 10.1. The summed E-state index contributed by atoms with van der Waals surface area (Å²) in [5.74, 6) is 0.128. The van der Waals surface area contributed by atoms with Crippen LogP contribution in [0.1, 0.15) is 46.5 Å². The van der Waals surface area contributed by atoms with Crippen LogP contribution < -0.4 is 10.4 Å². The van der Waals surface area contributed by atoms with Crippen LogP contribution in [0.25, 0.3) is 0 Å². The Morgan fingerprint density at radius 3 is 1.89 bits per heavy atom. The number of carbonyl (C=O) groups is 1. The van der Waals surface area contributed by atoms with Crippen molar-refractivity contribution in [2.45, 2.75) is 51.5 Å². The molecule has 144 valence electrons. The third kappa shape index (κ3) is 5.27. The number of unbranched alkanes of at least 4 members (excludes halogenated alkanes) is 2. The molecule has 2 aromatic carbocycles. The molecule has 0 spiro atoms. The first-order chi connectivity index (χ1) is 12.9. The molecule has 0 saturated carbocycles. The van der Waals surface area contributed by atoms with Gasteiger partial charge in [0.15, 0.2) is 5.78 Å². The van der Waals surface area contributed by atoms with E-state index >= 15 is 0 Å². The van der Waals surface area contributed by atoms with Gasteiger partial charge in [0, 0.05) is 13.0 Å². The van der Waals surface area contributed by atoms with E-state index in [0.29, 0.717) is 6.42 Å². The second kappa shape index (κ2) is 9.82. The Hall–Kier alpha value is -1.97. The lowest BCUT2D eigenvalue weighted by Gasteiger charge is -2.43. The summed E-state index contributed by atoms with van der Waals surface area (Å²) < 4.78 is 6.83. The predicted octanol–water partition coefficient (Wildman–Crippen LogP) is 4.88. The smallest absolute Gasteiger partial charge is 0.261 e. The predicted molar refractivity (Wildman–Crippen MR) is 117 cm³/mol. The van der Waals surface area contributed by atoms with Crippen LogP contribution >= 0.6 is 0 Å². The Morgan fingerprint density at radius 2 is 1.44 bits per heavy atom. The lowest BCUT2D eigenvalue weighted by Crippen LogP contribution is -2.66. The second-order valence-electron chi connectivity index (χ2n) is 7.99.